The van der Waals surface area contributed by atoms with Crippen LogP contribution < -0.4 is 5.43 Å². The number of aryl methyl sites for hydroxylation is 1. The number of nitrogens with one attached hydrogen (secondary N) is 1. The highest BCUT2D eigenvalue weighted by Gasteiger charge is 2.24. The molecule has 4 rings (SSSR count). The van der Waals surface area contributed by atoms with Gasteiger partial charge in [0.2, 0.25) is 0 Å². The van der Waals surface area contributed by atoms with E-state index in [0.717, 1.165) is 40.7 Å². The maximum Gasteiger partial charge on any atom is 0.250 e. The van der Waals surface area contributed by atoms with E-state index in [1.54, 1.807) is 12.5 Å². The number of furan rings is 1. The molecule has 0 atom stereocenters. The molecule has 3 aromatic rings. The van der Waals surface area contributed by atoms with Crippen LogP contribution in [0.3, 0.4) is 0 Å². The third-order valence-corrected chi connectivity index (χ3v) is 6.56. The third-order valence-electron chi connectivity index (χ3n) is 5.62. The van der Waals surface area contributed by atoms with Crippen molar-refractivity contribution in [3.63, 3.8) is 0 Å². The first kappa shape index (κ1) is 23.0. The van der Waals surface area contributed by atoms with Crippen molar-refractivity contribution in [1.29, 1.82) is 0 Å². The van der Waals surface area contributed by atoms with Crippen molar-refractivity contribution in [2.75, 3.05) is 5.75 Å². The fraction of sp³-hybridized carbons (Fsp3) is 0.360. The van der Waals surface area contributed by atoms with E-state index < -0.39 is 0 Å². The minimum absolute atomic E-state index is 0.183. The molecule has 1 fully saturated rings. The van der Waals surface area contributed by atoms with Crippen LogP contribution >= 0.6 is 11.8 Å². The van der Waals surface area contributed by atoms with Crippen molar-refractivity contribution >= 4 is 30.0 Å². The Hall–Kier alpha value is -3.13. The maximum atomic E-state index is 12.4. The van der Waals surface area contributed by atoms with Gasteiger partial charge in [-0.15, -0.1) is 10.2 Å². The predicted molar refractivity (Wildman–Crippen MR) is 132 cm³/mol. The Labute approximate surface area is 198 Å². The summed E-state index contributed by atoms with van der Waals surface area (Å²) >= 11 is 1.40. The third kappa shape index (κ3) is 6.22. The van der Waals surface area contributed by atoms with Crippen LogP contribution in [0.15, 0.2) is 62.9 Å². The highest BCUT2D eigenvalue weighted by molar-refractivity contribution is 7.99. The summed E-state index contributed by atoms with van der Waals surface area (Å²) in [6.07, 6.45) is 11.0. The number of hydrazone groups is 1. The van der Waals surface area contributed by atoms with E-state index in [0.29, 0.717) is 6.04 Å². The topological polar surface area (TPSA) is 85.3 Å². The lowest BCUT2D eigenvalue weighted by atomic mass is 9.95. The summed E-state index contributed by atoms with van der Waals surface area (Å²) in [4.78, 5) is 12.4. The molecule has 1 aliphatic carbocycles. The van der Waals surface area contributed by atoms with Gasteiger partial charge in [0.05, 0.1) is 18.2 Å². The van der Waals surface area contributed by atoms with Gasteiger partial charge in [-0.2, -0.15) is 5.10 Å². The molecule has 1 aromatic carbocycles. The molecular weight excluding hydrogens is 434 g/mol. The number of aromatic nitrogens is 3. The smallest absolute Gasteiger partial charge is 0.250 e. The summed E-state index contributed by atoms with van der Waals surface area (Å²) in [7, 11) is 0. The fourth-order valence-electron chi connectivity index (χ4n) is 3.95. The second-order valence-corrected chi connectivity index (χ2v) is 9.26. The number of thioether (sulfide) groups is 1. The Bertz CT molecular complexity index is 1110. The van der Waals surface area contributed by atoms with Gasteiger partial charge in [-0.05, 0) is 50.5 Å². The highest BCUT2D eigenvalue weighted by Crippen LogP contribution is 2.35. The van der Waals surface area contributed by atoms with Crippen LogP contribution in [0.2, 0.25) is 0 Å². The van der Waals surface area contributed by atoms with Gasteiger partial charge in [0.25, 0.3) is 5.91 Å². The predicted octanol–water partition coefficient (Wildman–Crippen LogP) is 5.65. The minimum atomic E-state index is -0.183. The van der Waals surface area contributed by atoms with Gasteiger partial charge >= 0.3 is 0 Å². The summed E-state index contributed by atoms with van der Waals surface area (Å²) in [5.41, 5.74) is 5.73. The van der Waals surface area contributed by atoms with Gasteiger partial charge in [-0.3, -0.25) is 9.36 Å². The van der Waals surface area contributed by atoms with E-state index in [1.807, 2.05) is 25.1 Å². The summed E-state index contributed by atoms with van der Waals surface area (Å²) in [5, 5.41) is 13.8. The van der Waals surface area contributed by atoms with Gasteiger partial charge < -0.3 is 4.42 Å². The van der Waals surface area contributed by atoms with Gasteiger partial charge in [0, 0.05) is 11.6 Å². The zero-order valence-corrected chi connectivity index (χ0v) is 19.8. The number of carbonyl (C=O) groups excluding carboxylic acids is 1. The molecule has 0 bridgehead atoms. The summed E-state index contributed by atoms with van der Waals surface area (Å²) < 4.78 is 7.51. The fourth-order valence-corrected chi connectivity index (χ4v) is 4.74. The van der Waals surface area contributed by atoms with Crippen molar-refractivity contribution in [3.8, 4) is 11.4 Å². The Morgan fingerprint density at radius 3 is 2.73 bits per heavy atom. The average molecular weight is 464 g/mol. The minimum Gasteiger partial charge on any atom is -0.465 e. The average Bonchev–Trinajstić information content (AvgIpc) is 3.49. The Kier molecular flexibility index (Phi) is 7.78. The second-order valence-electron chi connectivity index (χ2n) is 8.32. The molecule has 1 amide bonds. The Balaban J connectivity index is 1.42. The van der Waals surface area contributed by atoms with Gasteiger partial charge in [-0.25, -0.2) is 5.43 Å². The van der Waals surface area contributed by atoms with E-state index in [9.17, 15) is 4.79 Å². The lowest BCUT2D eigenvalue weighted by Gasteiger charge is -2.25. The number of rotatable bonds is 8. The molecule has 8 heteroatoms. The summed E-state index contributed by atoms with van der Waals surface area (Å²) in [6, 6.07) is 12.4. The SMILES string of the molecule is CC(=C/c1ccco1)/C=N/NC(=O)CSc1nnc(-c2ccc(C)cc2)n1C1CCCCC1. The largest absolute Gasteiger partial charge is 0.465 e. The van der Waals surface area contributed by atoms with Crippen LogP contribution in [0.25, 0.3) is 17.5 Å². The molecule has 0 spiro atoms. The molecule has 172 valence electrons. The number of amides is 1. The lowest BCUT2D eigenvalue weighted by Crippen LogP contribution is -2.20. The summed E-state index contributed by atoms with van der Waals surface area (Å²) in [5.74, 6) is 1.66. The van der Waals surface area contributed by atoms with Crippen molar-refractivity contribution in [3.05, 3.63) is 59.6 Å². The molecule has 2 aromatic heterocycles. The first-order chi connectivity index (χ1) is 16.1. The van der Waals surface area contributed by atoms with Gasteiger partial charge in [0.15, 0.2) is 11.0 Å². The molecule has 33 heavy (non-hydrogen) atoms. The van der Waals surface area contributed by atoms with Crippen molar-refractivity contribution < 1.29 is 9.21 Å². The molecule has 0 unspecified atom stereocenters. The van der Waals surface area contributed by atoms with E-state index >= 15 is 0 Å². The molecule has 0 aliphatic heterocycles. The van der Waals surface area contributed by atoms with E-state index in [-0.39, 0.29) is 11.7 Å². The first-order valence-electron chi connectivity index (χ1n) is 11.3. The lowest BCUT2D eigenvalue weighted by molar-refractivity contribution is -0.118. The zero-order valence-electron chi connectivity index (χ0n) is 19.0. The first-order valence-corrected chi connectivity index (χ1v) is 12.3. The van der Waals surface area contributed by atoms with Gasteiger partial charge in [0.1, 0.15) is 5.76 Å². The molecule has 2 heterocycles. The number of allylic oxidation sites excluding steroid dienone is 1. The van der Waals surface area contributed by atoms with Gasteiger partial charge in [-0.1, -0.05) is 60.9 Å². The van der Waals surface area contributed by atoms with Crippen LogP contribution in [-0.4, -0.2) is 32.6 Å². The molecule has 0 saturated heterocycles. The number of nitrogens with zero attached hydrogens (tertiary/aromatic N) is 4. The number of hydrogen-bond acceptors (Lipinski definition) is 6. The molecule has 0 radical (unpaired) electrons. The standard InChI is InChI=1S/C25H29N5O2S/c1-18-10-12-20(13-11-18)24-28-29-25(30(24)21-7-4-3-5-8-21)33-17-23(31)27-26-16-19(2)15-22-9-6-14-32-22/h6,9-16,21H,3-5,7-8,17H2,1-2H3,(H,27,31)/b19-15-,26-16+. The molecular formula is C25H29N5O2S. The van der Waals surface area contributed by atoms with E-state index in [2.05, 4.69) is 56.5 Å². The number of hydrogen-bond donors (Lipinski definition) is 1. The van der Waals surface area contributed by atoms with Crippen molar-refractivity contribution in [2.45, 2.75) is 57.1 Å². The normalized spacial score (nSPS) is 15.3. The van der Waals surface area contributed by atoms with Crippen LogP contribution in [0.5, 0.6) is 0 Å². The number of carbonyl (C=O) groups is 1. The summed E-state index contributed by atoms with van der Waals surface area (Å²) in [6.45, 7) is 3.97. The Morgan fingerprint density at radius 2 is 2.00 bits per heavy atom. The number of benzene rings is 1. The van der Waals surface area contributed by atoms with E-state index in [1.165, 1.54) is 36.6 Å². The van der Waals surface area contributed by atoms with Crippen LogP contribution in [0.1, 0.15) is 56.4 Å². The van der Waals surface area contributed by atoms with Crippen LogP contribution in [-0.2, 0) is 4.79 Å². The Morgan fingerprint density at radius 1 is 1.21 bits per heavy atom. The molecule has 1 saturated carbocycles. The van der Waals surface area contributed by atoms with Crippen molar-refractivity contribution in [1.82, 2.24) is 20.2 Å². The molecule has 1 N–H and O–H groups in total. The highest BCUT2D eigenvalue weighted by atomic mass is 32.2. The van der Waals surface area contributed by atoms with E-state index in [4.69, 9.17) is 4.42 Å². The zero-order chi connectivity index (χ0) is 23.0. The van der Waals surface area contributed by atoms with Crippen LogP contribution in [0, 0.1) is 6.92 Å². The van der Waals surface area contributed by atoms with Crippen molar-refractivity contribution in [2.24, 2.45) is 5.10 Å². The molecule has 7 nitrogen and oxygen atoms in total. The second kappa shape index (κ2) is 11.1. The quantitative estimate of drug-likeness (QED) is 0.265. The monoisotopic (exact) mass is 463 g/mol. The van der Waals surface area contributed by atoms with Crippen LogP contribution in [0.4, 0.5) is 0 Å². The molecule has 1 aliphatic rings. The maximum absolute atomic E-state index is 12.4.